The summed E-state index contributed by atoms with van der Waals surface area (Å²) >= 11 is 0. The standard InChI is InChI=1S/C29H35N5/c1-20(2)26-18-27(34-29(30-26)28(23(5)31-34)24-9-7-6-8-10-24)33-15-13-32(14-16-33)19-25-12-11-21(3)17-22(25)4/h6-12,17-18,20H,13-16,19H2,1-5H3. The molecule has 1 saturated heterocycles. The molecule has 0 radical (unpaired) electrons. The molecule has 34 heavy (non-hydrogen) atoms. The van der Waals surface area contributed by atoms with Crippen LogP contribution in [0.15, 0.2) is 54.6 Å². The zero-order chi connectivity index (χ0) is 23.8. The van der Waals surface area contributed by atoms with E-state index >= 15 is 0 Å². The zero-order valence-electron chi connectivity index (χ0n) is 21.0. The maximum absolute atomic E-state index is 5.08. The molecule has 0 atom stereocenters. The normalized spacial score (nSPS) is 14.9. The molecule has 0 unspecified atom stereocenters. The van der Waals surface area contributed by atoms with Gasteiger partial charge in [0.05, 0.1) is 5.69 Å². The van der Waals surface area contributed by atoms with Crippen molar-refractivity contribution in [3.8, 4) is 11.1 Å². The Morgan fingerprint density at radius 2 is 1.62 bits per heavy atom. The number of hydrogen-bond acceptors (Lipinski definition) is 4. The van der Waals surface area contributed by atoms with E-state index in [1.807, 2.05) is 0 Å². The van der Waals surface area contributed by atoms with E-state index in [0.717, 1.165) is 61.1 Å². The lowest BCUT2D eigenvalue weighted by Gasteiger charge is -2.36. The molecule has 0 spiro atoms. The predicted octanol–water partition coefficient (Wildman–Crippen LogP) is 5.77. The van der Waals surface area contributed by atoms with Crippen LogP contribution in [0.1, 0.15) is 47.8 Å². The molecular weight excluding hydrogens is 418 g/mol. The minimum Gasteiger partial charge on any atom is -0.354 e. The molecule has 1 aliphatic heterocycles. The average molecular weight is 454 g/mol. The second-order valence-corrected chi connectivity index (χ2v) is 9.95. The number of nitrogens with zero attached hydrogens (tertiary/aromatic N) is 5. The van der Waals surface area contributed by atoms with E-state index in [2.05, 4.69) is 104 Å². The van der Waals surface area contributed by atoms with Crippen molar-refractivity contribution >= 4 is 11.5 Å². The van der Waals surface area contributed by atoms with Crippen molar-refractivity contribution in [1.29, 1.82) is 0 Å². The molecule has 176 valence electrons. The zero-order valence-corrected chi connectivity index (χ0v) is 21.0. The summed E-state index contributed by atoms with van der Waals surface area (Å²) in [6.07, 6.45) is 0. The Hall–Kier alpha value is -3.18. The van der Waals surface area contributed by atoms with Gasteiger partial charge in [-0.05, 0) is 43.4 Å². The van der Waals surface area contributed by atoms with Gasteiger partial charge in [-0.15, -0.1) is 0 Å². The van der Waals surface area contributed by atoms with Crippen molar-refractivity contribution in [2.75, 3.05) is 31.1 Å². The highest BCUT2D eigenvalue weighted by Crippen LogP contribution is 2.32. The van der Waals surface area contributed by atoms with E-state index in [9.17, 15) is 0 Å². The van der Waals surface area contributed by atoms with Crippen LogP contribution in [0, 0.1) is 20.8 Å². The number of fused-ring (bicyclic) bond motifs is 1. The molecule has 0 aliphatic carbocycles. The highest BCUT2D eigenvalue weighted by Gasteiger charge is 2.24. The highest BCUT2D eigenvalue weighted by atomic mass is 15.4. The molecular formula is C29H35N5. The van der Waals surface area contributed by atoms with Gasteiger partial charge < -0.3 is 4.90 Å². The van der Waals surface area contributed by atoms with Crippen LogP contribution in [-0.2, 0) is 6.54 Å². The Kier molecular flexibility index (Phi) is 6.13. The molecule has 5 heteroatoms. The summed E-state index contributed by atoms with van der Waals surface area (Å²) in [4.78, 5) is 10.1. The van der Waals surface area contributed by atoms with Gasteiger partial charge in [0.1, 0.15) is 5.82 Å². The quantitative estimate of drug-likeness (QED) is 0.385. The third kappa shape index (κ3) is 4.32. The summed E-state index contributed by atoms with van der Waals surface area (Å²) in [5.74, 6) is 1.51. The fraction of sp³-hybridized carbons (Fsp3) is 0.379. The molecule has 1 fully saturated rings. The molecule has 0 saturated carbocycles. The number of rotatable bonds is 5. The SMILES string of the molecule is Cc1ccc(CN2CCN(c3cc(C(C)C)nc4c(-c5ccccc5)c(C)nn34)CC2)c(C)c1. The van der Waals surface area contributed by atoms with Gasteiger partial charge in [0.15, 0.2) is 5.65 Å². The first-order valence-corrected chi connectivity index (χ1v) is 12.4. The van der Waals surface area contributed by atoms with Gasteiger partial charge in [-0.1, -0.05) is 67.9 Å². The molecule has 3 heterocycles. The summed E-state index contributed by atoms with van der Waals surface area (Å²) in [5, 5.41) is 4.97. The van der Waals surface area contributed by atoms with Crippen LogP contribution in [0.25, 0.3) is 16.8 Å². The van der Waals surface area contributed by atoms with Crippen LogP contribution >= 0.6 is 0 Å². The third-order valence-electron chi connectivity index (χ3n) is 7.01. The summed E-state index contributed by atoms with van der Waals surface area (Å²) in [6.45, 7) is 16.0. The van der Waals surface area contributed by atoms with E-state index in [0.29, 0.717) is 5.92 Å². The average Bonchev–Trinajstić information content (AvgIpc) is 3.17. The van der Waals surface area contributed by atoms with Crippen LogP contribution in [0.5, 0.6) is 0 Å². The summed E-state index contributed by atoms with van der Waals surface area (Å²) in [7, 11) is 0. The monoisotopic (exact) mass is 453 g/mol. The lowest BCUT2D eigenvalue weighted by molar-refractivity contribution is 0.248. The second-order valence-electron chi connectivity index (χ2n) is 9.95. The highest BCUT2D eigenvalue weighted by molar-refractivity contribution is 5.81. The summed E-state index contributed by atoms with van der Waals surface area (Å²) in [5.41, 5.74) is 9.57. The fourth-order valence-corrected chi connectivity index (χ4v) is 4.99. The van der Waals surface area contributed by atoms with Crippen molar-refractivity contribution < 1.29 is 0 Å². The Morgan fingerprint density at radius 3 is 2.29 bits per heavy atom. The lowest BCUT2D eigenvalue weighted by atomic mass is 10.0. The van der Waals surface area contributed by atoms with Crippen molar-refractivity contribution in [3.63, 3.8) is 0 Å². The smallest absolute Gasteiger partial charge is 0.165 e. The number of piperazine rings is 1. The predicted molar refractivity (Wildman–Crippen MR) is 141 cm³/mol. The van der Waals surface area contributed by atoms with Gasteiger partial charge in [0.25, 0.3) is 0 Å². The molecule has 1 aliphatic rings. The first kappa shape index (κ1) is 22.6. The van der Waals surface area contributed by atoms with Crippen LogP contribution < -0.4 is 4.90 Å². The van der Waals surface area contributed by atoms with Gasteiger partial charge in [-0.2, -0.15) is 9.61 Å². The van der Waals surface area contributed by atoms with Crippen molar-refractivity contribution in [2.45, 2.75) is 47.1 Å². The first-order chi connectivity index (χ1) is 16.4. The van der Waals surface area contributed by atoms with Gasteiger partial charge in [-0.25, -0.2) is 4.98 Å². The minimum absolute atomic E-state index is 0.355. The Balaban J connectivity index is 1.45. The van der Waals surface area contributed by atoms with E-state index in [-0.39, 0.29) is 0 Å². The molecule has 5 rings (SSSR count). The molecule has 0 N–H and O–H groups in total. The molecule has 0 amide bonds. The first-order valence-electron chi connectivity index (χ1n) is 12.4. The number of aryl methyl sites for hydroxylation is 3. The van der Waals surface area contributed by atoms with E-state index in [1.54, 1.807) is 0 Å². The van der Waals surface area contributed by atoms with Crippen molar-refractivity contribution in [3.05, 3.63) is 82.7 Å². The number of anilines is 1. The minimum atomic E-state index is 0.355. The Labute approximate surface area is 203 Å². The van der Waals surface area contributed by atoms with Crippen LogP contribution in [-0.4, -0.2) is 45.7 Å². The topological polar surface area (TPSA) is 36.7 Å². The lowest BCUT2D eigenvalue weighted by Crippen LogP contribution is -2.46. The van der Waals surface area contributed by atoms with Crippen LogP contribution in [0.4, 0.5) is 5.82 Å². The van der Waals surface area contributed by atoms with E-state index in [4.69, 9.17) is 10.1 Å². The number of benzene rings is 2. The number of hydrogen-bond donors (Lipinski definition) is 0. The van der Waals surface area contributed by atoms with Crippen LogP contribution in [0.3, 0.4) is 0 Å². The third-order valence-corrected chi connectivity index (χ3v) is 7.01. The molecule has 0 bridgehead atoms. The van der Waals surface area contributed by atoms with E-state index < -0.39 is 0 Å². The van der Waals surface area contributed by atoms with Crippen molar-refractivity contribution in [2.24, 2.45) is 0 Å². The second kappa shape index (κ2) is 9.22. The Morgan fingerprint density at radius 1 is 0.882 bits per heavy atom. The van der Waals surface area contributed by atoms with Gasteiger partial charge in [0, 0.05) is 50.0 Å². The van der Waals surface area contributed by atoms with Gasteiger partial charge >= 0.3 is 0 Å². The number of aromatic nitrogens is 3. The van der Waals surface area contributed by atoms with E-state index in [1.165, 1.54) is 22.3 Å². The van der Waals surface area contributed by atoms with Gasteiger partial charge in [-0.3, -0.25) is 4.90 Å². The maximum atomic E-state index is 5.08. The van der Waals surface area contributed by atoms with Gasteiger partial charge in [0.2, 0.25) is 0 Å². The van der Waals surface area contributed by atoms with Crippen LogP contribution in [0.2, 0.25) is 0 Å². The fourth-order valence-electron chi connectivity index (χ4n) is 4.99. The molecule has 5 nitrogen and oxygen atoms in total. The molecule has 2 aromatic carbocycles. The maximum Gasteiger partial charge on any atom is 0.165 e. The largest absolute Gasteiger partial charge is 0.354 e. The van der Waals surface area contributed by atoms with Crippen molar-refractivity contribution in [1.82, 2.24) is 19.5 Å². The Bertz CT molecular complexity index is 1300. The summed E-state index contributed by atoms with van der Waals surface area (Å²) < 4.78 is 2.07. The molecule has 2 aromatic heterocycles. The summed E-state index contributed by atoms with van der Waals surface area (Å²) in [6, 6.07) is 19.6. The molecule has 4 aromatic rings.